The topological polar surface area (TPSA) is 75.3 Å². The van der Waals surface area contributed by atoms with Crippen molar-refractivity contribution in [3.8, 4) is 0 Å². The number of urea groups is 1. The highest BCUT2D eigenvalue weighted by molar-refractivity contribution is 7.91. The average molecular weight is 328 g/mol. The molecule has 5 nitrogen and oxygen atoms in total. The fraction of sp³-hybridized carbons (Fsp3) is 0.533. The summed E-state index contributed by atoms with van der Waals surface area (Å²) in [6.45, 7) is 0.875. The van der Waals surface area contributed by atoms with E-state index in [9.17, 15) is 17.6 Å². The predicted molar refractivity (Wildman–Crippen MR) is 82.9 cm³/mol. The van der Waals surface area contributed by atoms with E-state index in [2.05, 4.69) is 10.6 Å². The zero-order valence-corrected chi connectivity index (χ0v) is 13.2. The molecule has 0 aromatic heterocycles. The highest BCUT2D eigenvalue weighted by Gasteiger charge is 2.27. The maximum atomic E-state index is 13.0. The predicted octanol–water partition coefficient (Wildman–Crippen LogP) is 1.49. The Balaban J connectivity index is 1.58. The SMILES string of the molecule is O=C(NCCCc1cccc(F)c1)NC[C@@H]1CCS(=O)(=O)C1. The number of carbonyl (C=O) groups is 1. The summed E-state index contributed by atoms with van der Waals surface area (Å²) in [6, 6.07) is 6.12. The van der Waals surface area contributed by atoms with Crippen LogP contribution in [0.1, 0.15) is 18.4 Å². The van der Waals surface area contributed by atoms with Crippen LogP contribution in [0.2, 0.25) is 0 Å². The summed E-state index contributed by atoms with van der Waals surface area (Å²) in [6.07, 6.45) is 2.02. The first kappa shape index (κ1) is 16.7. The molecular formula is C15H21FN2O3S. The fourth-order valence-corrected chi connectivity index (χ4v) is 4.38. The number of amides is 2. The van der Waals surface area contributed by atoms with E-state index < -0.39 is 9.84 Å². The van der Waals surface area contributed by atoms with Gasteiger partial charge in [0.25, 0.3) is 0 Å². The Hall–Kier alpha value is -1.63. The number of sulfone groups is 1. The van der Waals surface area contributed by atoms with E-state index in [0.717, 1.165) is 5.56 Å². The summed E-state index contributed by atoms with van der Waals surface area (Å²) in [7, 11) is -2.90. The lowest BCUT2D eigenvalue weighted by molar-refractivity contribution is 0.239. The summed E-state index contributed by atoms with van der Waals surface area (Å²) in [5.41, 5.74) is 0.901. The number of halogens is 1. The average Bonchev–Trinajstić information content (AvgIpc) is 2.81. The van der Waals surface area contributed by atoms with Gasteiger partial charge < -0.3 is 10.6 Å². The molecule has 1 aliphatic heterocycles. The van der Waals surface area contributed by atoms with Crippen LogP contribution < -0.4 is 10.6 Å². The smallest absolute Gasteiger partial charge is 0.314 e. The summed E-state index contributed by atoms with van der Waals surface area (Å²) < 4.78 is 35.6. The number of carbonyl (C=O) groups excluding carboxylic acids is 1. The summed E-state index contributed by atoms with van der Waals surface area (Å²) in [5.74, 6) is 0.138. The lowest BCUT2D eigenvalue weighted by Crippen LogP contribution is -2.39. The van der Waals surface area contributed by atoms with Crippen molar-refractivity contribution < 1.29 is 17.6 Å². The quantitative estimate of drug-likeness (QED) is 0.777. The van der Waals surface area contributed by atoms with E-state index in [-0.39, 0.29) is 29.3 Å². The lowest BCUT2D eigenvalue weighted by atomic mass is 10.1. The van der Waals surface area contributed by atoms with Gasteiger partial charge in [0.05, 0.1) is 11.5 Å². The Morgan fingerprint density at radius 1 is 1.32 bits per heavy atom. The molecule has 0 unspecified atom stereocenters. The van der Waals surface area contributed by atoms with Crippen molar-refractivity contribution in [2.75, 3.05) is 24.6 Å². The second kappa shape index (κ2) is 7.58. The van der Waals surface area contributed by atoms with Crippen LogP contribution in [0, 0.1) is 11.7 Å². The van der Waals surface area contributed by atoms with Crippen LogP contribution >= 0.6 is 0 Å². The Bertz CT molecular complexity index is 619. The van der Waals surface area contributed by atoms with Gasteiger partial charge in [-0.1, -0.05) is 12.1 Å². The van der Waals surface area contributed by atoms with Gasteiger partial charge in [0.2, 0.25) is 0 Å². The van der Waals surface area contributed by atoms with Crippen molar-refractivity contribution >= 4 is 15.9 Å². The Kier molecular flexibility index (Phi) is 5.76. The summed E-state index contributed by atoms with van der Waals surface area (Å²) >= 11 is 0. The maximum Gasteiger partial charge on any atom is 0.314 e. The number of aryl methyl sites for hydroxylation is 1. The summed E-state index contributed by atoms with van der Waals surface area (Å²) in [5, 5.41) is 5.41. The molecular weight excluding hydrogens is 307 g/mol. The second-order valence-corrected chi connectivity index (χ2v) is 7.87. The van der Waals surface area contributed by atoms with Crippen LogP contribution in [0.4, 0.5) is 9.18 Å². The van der Waals surface area contributed by atoms with Crippen molar-refractivity contribution in [3.05, 3.63) is 35.6 Å². The molecule has 1 fully saturated rings. The molecule has 1 aromatic rings. The van der Waals surface area contributed by atoms with Gasteiger partial charge in [-0.2, -0.15) is 0 Å². The maximum absolute atomic E-state index is 13.0. The molecule has 2 amide bonds. The number of hydrogen-bond donors (Lipinski definition) is 2. The first-order valence-electron chi connectivity index (χ1n) is 7.41. The van der Waals surface area contributed by atoms with Crippen LogP contribution in [-0.2, 0) is 16.3 Å². The molecule has 0 radical (unpaired) electrons. The monoisotopic (exact) mass is 328 g/mol. The van der Waals surface area contributed by atoms with Crippen molar-refractivity contribution in [2.24, 2.45) is 5.92 Å². The van der Waals surface area contributed by atoms with E-state index in [4.69, 9.17) is 0 Å². The van der Waals surface area contributed by atoms with E-state index in [1.54, 1.807) is 6.07 Å². The van der Waals surface area contributed by atoms with Gasteiger partial charge in [0, 0.05) is 13.1 Å². The van der Waals surface area contributed by atoms with Crippen molar-refractivity contribution in [1.82, 2.24) is 10.6 Å². The van der Waals surface area contributed by atoms with Gasteiger partial charge in [0.1, 0.15) is 5.82 Å². The van der Waals surface area contributed by atoms with Gasteiger partial charge >= 0.3 is 6.03 Å². The molecule has 1 aromatic carbocycles. The molecule has 1 atom stereocenters. The molecule has 1 saturated heterocycles. The Morgan fingerprint density at radius 2 is 2.14 bits per heavy atom. The van der Waals surface area contributed by atoms with Gasteiger partial charge in [-0.3, -0.25) is 0 Å². The van der Waals surface area contributed by atoms with Gasteiger partial charge in [0.15, 0.2) is 9.84 Å². The molecule has 7 heteroatoms. The molecule has 0 aliphatic carbocycles. The minimum Gasteiger partial charge on any atom is -0.338 e. The lowest BCUT2D eigenvalue weighted by Gasteiger charge is -2.11. The van der Waals surface area contributed by atoms with E-state index in [1.165, 1.54) is 12.1 Å². The van der Waals surface area contributed by atoms with Crippen molar-refractivity contribution in [3.63, 3.8) is 0 Å². The van der Waals surface area contributed by atoms with E-state index in [0.29, 0.717) is 32.4 Å². The third-order valence-electron chi connectivity index (χ3n) is 3.69. The number of benzene rings is 1. The molecule has 0 saturated carbocycles. The normalized spacial score (nSPS) is 19.8. The zero-order chi connectivity index (χ0) is 16.0. The Morgan fingerprint density at radius 3 is 2.82 bits per heavy atom. The molecule has 1 aliphatic rings. The highest BCUT2D eigenvalue weighted by atomic mass is 32.2. The largest absolute Gasteiger partial charge is 0.338 e. The Labute approximate surface area is 130 Å². The third kappa shape index (κ3) is 5.63. The highest BCUT2D eigenvalue weighted by Crippen LogP contribution is 2.17. The number of nitrogens with one attached hydrogen (secondary N) is 2. The minimum atomic E-state index is -2.90. The van der Waals surface area contributed by atoms with E-state index in [1.807, 2.05) is 6.07 Å². The second-order valence-electron chi connectivity index (χ2n) is 5.64. The number of hydrogen-bond acceptors (Lipinski definition) is 3. The zero-order valence-electron chi connectivity index (χ0n) is 12.3. The van der Waals surface area contributed by atoms with Gasteiger partial charge in [-0.05, 0) is 42.9 Å². The van der Waals surface area contributed by atoms with Crippen LogP contribution in [0.25, 0.3) is 0 Å². The van der Waals surface area contributed by atoms with Crippen molar-refractivity contribution in [2.45, 2.75) is 19.3 Å². The molecule has 0 bridgehead atoms. The molecule has 2 N–H and O–H groups in total. The first-order chi connectivity index (χ1) is 10.4. The van der Waals surface area contributed by atoms with Crippen LogP contribution in [-0.4, -0.2) is 39.0 Å². The molecule has 1 heterocycles. The number of rotatable bonds is 6. The first-order valence-corrected chi connectivity index (χ1v) is 9.23. The molecule has 2 rings (SSSR count). The minimum absolute atomic E-state index is 0.0167. The molecule has 122 valence electrons. The van der Waals surface area contributed by atoms with Crippen LogP contribution in [0.15, 0.2) is 24.3 Å². The van der Waals surface area contributed by atoms with E-state index >= 15 is 0 Å². The third-order valence-corrected chi connectivity index (χ3v) is 5.53. The summed E-state index contributed by atoms with van der Waals surface area (Å²) in [4.78, 5) is 11.6. The molecule has 0 spiro atoms. The standard InChI is InChI=1S/C15H21FN2O3S/c16-14-5-1-3-12(9-14)4-2-7-17-15(19)18-10-13-6-8-22(20,21)11-13/h1,3,5,9,13H,2,4,6-8,10-11H2,(H2,17,18,19)/t13-/m0/s1. The van der Waals surface area contributed by atoms with Gasteiger partial charge in [-0.15, -0.1) is 0 Å². The van der Waals surface area contributed by atoms with Crippen LogP contribution in [0.5, 0.6) is 0 Å². The molecule has 22 heavy (non-hydrogen) atoms. The fourth-order valence-electron chi connectivity index (χ4n) is 2.52. The van der Waals surface area contributed by atoms with Crippen molar-refractivity contribution in [1.29, 1.82) is 0 Å². The van der Waals surface area contributed by atoms with Gasteiger partial charge in [-0.25, -0.2) is 17.6 Å². The van der Waals surface area contributed by atoms with Crippen LogP contribution in [0.3, 0.4) is 0 Å².